The Kier molecular flexibility index (Phi) is 7.29. The molecule has 21 heavy (non-hydrogen) atoms. The first-order valence-electron chi connectivity index (χ1n) is 7.08. The van der Waals surface area contributed by atoms with Crippen LogP contribution in [0.4, 0.5) is 5.69 Å². The standard InChI is InChI=1S/C16H23NO3S/c1-5-6-16(19)17-13-7-8-15(14(9-13)12(3)18)20-10-11(2)21-4/h7-9,11H,5-6,10H2,1-4H3,(H,17,19). The number of ether oxygens (including phenoxy) is 1. The van der Waals surface area contributed by atoms with Gasteiger partial charge in [0.25, 0.3) is 0 Å². The number of hydrogen-bond donors (Lipinski definition) is 1. The molecular formula is C16H23NO3S. The van der Waals surface area contributed by atoms with E-state index in [4.69, 9.17) is 4.74 Å². The molecule has 1 N–H and O–H groups in total. The zero-order valence-electron chi connectivity index (χ0n) is 13.1. The summed E-state index contributed by atoms with van der Waals surface area (Å²) in [5, 5.41) is 3.15. The molecule has 1 aromatic carbocycles. The molecule has 5 heteroatoms. The second kappa shape index (κ2) is 8.72. The van der Waals surface area contributed by atoms with Gasteiger partial charge in [-0.1, -0.05) is 13.8 Å². The largest absolute Gasteiger partial charge is 0.492 e. The molecule has 0 aliphatic carbocycles. The fourth-order valence-electron chi connectivity index (χ4n) is 1.73. The summed E-state index contributed by atoms with van der Waals surface area (Å²) < 4.78 is 5.70. The fourth-order valence-corrected chi connectivity index (χ4v) is 1.94. The highest BCUT2D eigenvalue weighted by Crippen LogP contribution is 2.24. The van der Waals surface area contributed by atoms with Gasteiger partial charge in [-0.25, -0.2) is 0 Å². The molecule has 0 aromatic heterocycles. The van der Waals surface area contributed by atoms with Crippen molar-refractivity contribution in [3.8, 4) is 5.75 Å². The number of rotatable bonds is 8. The van der Waals surface area contributed by atoms with Gasteiger partial charge in [-0.15, -0.1) is 0 Å². The van der Waals surface area contributed by atoms with Crippen LogP contribution in [0.25, 0.3) is 0 Å². The van der Waals surface area contributed by atoms with E-state index in [1.807, 2.05) is 13.2 Å². The molecule has 1 rings (SSSR count). The van der Waals surface area contributed by atoms with Gasteiger partial charge < -0.3 is 10.1 Å². The summed E-state index contributed by atoms with van der Waals surface area (Å²) in [6.45, 7) is 6.06. The van der Waals surface area contributed by atoms with Crippen LogP contribution >= 0.6 is 11.8 Å². The fraction of sp³-hybridized carbons (Fsp3) is 0.500. The van der Waals surface area contributed by atoms with Gasteiger partial charge in [-0.3, -0.25) is 9.59 Å². The van der Waals surface area contributed by atoms with Crippen molar-refractivity contribution >= 4 is 29.1 Å². The quantitative estimate of drug-likeness (QED) is 0.743. The molecule has 0 aliphatic heterocycles. The minimum absolute atomic E-state index is 0.0447. The zero-order chi connectivity index (χ0) is 15.8. The van der Waals surface area contributed by atoms with Crippen molar-refractivity contribution < 1.29 is 14.3 Å². The van der Waals surface area contributed by atoms with E-state index in [0.717, 1.165) is 6.42 Å². The molecule has 1 unspecified atom stereocenters. The van der Waals surface area contributed by atoms with Crippen molar-refractivity contribution in [1.82, 2.24) is 0 Å². The minimum atomic E-state index is -0.0756. The third kappa shape index (κ3) is 5.79. The van der Waals surface area contributed by atoms with E-state index in [0.29, 0.717) is 35.3 Å². The SMILES string of the molecule is CCCC(=O)Nc1ccc(OCC(C)SC)c(C(C)=O)c1. The normalized spacial score (nSPS) is 11.8. The van der Waals surface area contributed by atoms with Crippen LogP contribution in [-0.4, -0.2) is 29.8 Å². The summed E-state index contributed by atoms with van der Waals surface area (Å²) in [7, 11) is 0. The van der Waals surface area contributed by atoms with Crippen molar-refractivity contribution in [1.29, 1.82) is 0 Å². The van der Waals surface area contributed by atoms with Gasteiger partial charge in [0, 0.05) is 17.4 Å². The van der Waals surface area contributed by atoms with Gasteiger partial charge in [0.05, 0.1) is 12.2 Å². The van der Waals surface area contributed by atoms with Crippen molar-refractivity contribution in [2.45, 2.75) is 38.9 Å². The van der Waals surface area contributed by atoms with E-state index in [-0.39, 0.29) is 11.7 Å². The lowest BCUT2D eigenvalue weighted by Crippen LogP contribution is -2.13. The lowest BCUT2D eigenvalue weighted by Gasteiger charge is -2.14. The van der Waals surface area contributed by atoms with Crippen LogP contribution in [0.15, 0.2) is 18.2 Å². The maximum absolute atomic E-state index is 11.7. The second-order valence-corrected chi connectivity index (χ2v) is 6.20. The number of carbonyl (C=O) groups is 2. The average Bonchev–Trinajstić information content (AvgIpc) is 2.45. The number of benzene rings is 1. The van der Waals surface area contributed by atoms with Gasteiger partial charge in [-0.2, -0.15) is 11.8 Å². The second-order valence-electron chi connectivity index (χ2n) is 4.92. The molecule has 0 saturated carbocycles. The summed E-state index contributed by atoms with van der Waals surface area (Å²) in [5.74, 6) is 0.446. The number of hydrogen-bond acceptors (Lipinski definition) is 4. The zero-order valence-corrected chi connectivity index (χ0v) is 13.9. The highest BCUT2D eigenvalue weighted by Gasteiger charge is 2.12. The van der Waals surface area contributed by atoms with Crippen molar-refractivity contribution in [3.63, 3.8) is 0 Å². The van der Waals surface area contributed by atoms with E-state index in [9.17, 15) is 9.59 Å². The van der Waals surface area contributed by atoms with Gasteiger partial charge in [-0.05, 0) is 37.8 Å². The molecule has 4 nitrogen and oxygen atoms in total. The van der Waals surface area contributed by atoms with E-state index < -0.39 is 0 Å². The molecule has 0 fully saturated rings. The number of Topliss-reactive ketones (excluding diaryl/α,β-unsaturated/α-hetero) is 1. The number of amides is 1. The van der Waals surface area contributed by atoms with Crippen LogP contribution in [0.1, 0.15) is 44.0 Å². The Hall–Kier alpha value is -1.49. The molecule has 1 aromatic rings. The van der Waals surface area contributed by atoms with E-state index in [1.165, 1.54) is 6.92 Å². The molecule has 116 valence electrons. The number of anilines is 1. The number of nitrogens with one attached hydrogen (secondary N) is 1. The highest BCUT2D eigenvalue weighted by atomic mass is 32.2. The average molecular weight is 309 g/mol. The van der Waals surface area contributed by atoms with E-state index in [1.54, 1.807) is 30.0 Å². The molecular weight excluding hydrogens is 286 g/mol. The molecule has 1 amide bonds. The molecule has 0 heterocycles. The Labute approximate surface area is 130 Å². The third-order valence-corrected chi connectivity index (χ3v) is 3.94. The lowest BCUT2D eigenvalue weighted by atomic mass is 10.1. The van der Waals surface area contributed by atoms with E-state index >= 15 is 0 Å². The molecule has 0 saturated heterocycles. The highest BCUT2D eigenvalue weighted by molar-refractivity contribution is 7.99. The van der Waals surface area contributed by atoms with Gasteiger partial charge in [0.1, 0.15) is 5.75 Å². The topological polar surface area (TPSA) is 55.4 Å². The summed E-state index contributed by atoms with van der Waals surface area (Å²) in [6.07, 6.45) is 3.28. The minimum Gasteiger partial charge on any atom is -0.492 e. The first-order chi connectivity index (χ1) is 9.97. The summed E-state index contributed by atoms with van der Waals surface area (Å²) in [4.78, 5) is 23.3. The Morgan fingerprint density at radius 2 is 2.10 bits per heavy atom. The van der Waals surface area contributed by atoms with Crippen molar-refractivity contribution in [2.75, 3.05) is 18.2 Å². The number of ketones is 1. The molecule has 1 atom stereocenters. The Morgan fingerprint density at radius 3 is 2.67 bits per heavy atom. The van der Waals surface area contributed by atoms with Crippen LogP contribution in [0.3, 0.4) is 0 Å². The smallest absolute Gasteiger partial charge is 0.224 e. The van der Waals surface area contributed by atoms with Crippen LogP contribution in [-0.2, 0) is 4.79 Å². The predicted octanol–water partition coefficient (Wildman–Crippen LogP) is 3.76. The van der Waals surface area contributed by atoms with Gasteiger partial charge in [0.15, 0.2) is 5.78 Å². The number of carbonyl (C=O) groups excluding carboxylic acids is 2. The summed E-state index contributed by atoms with van der Waals surface area (Å²) in [6, 6.07) is 5.18. The predicted molar refractivity (Wildman–Crippen MR) is 88.5 cm³/mol. The molecule has 0 spiro atoms. The summed E-state index contributed by atoms with van der Waals surface area (Å²) >= 11 is 1.71. The van der Waals surface area contributed by atoms with E-state index in [2.05, 4.69) is 12.2 Å². The first-order valence-corrected chi connectivity index (χ1v) is 8.37. The van der Waals surface area contributed by atoms with Crippen LogP contribution in [0.5, 0.6) is 5.75 Å². The van der Waals surface area contributed by atoms with Crippen molar-refractivity contribution in [3.05, 3.63) is 23.8 Å². The summed E-state index contributed by atoms with van der Waals surface area (Å²) in [5.41, 5.74) is 1.13. The molecule has 0 bridgehead atoms. The maximum Gasteiger partial charge on any atom is 0.224 e. The van der Waals surface area contributed by atoms with Crippen LogP contribution in [0, 0.1) is 0 Å². The number of thioether (sulfide) groups is 1. The Morgan fingerprint density at radius 1 is 1.38 bits per heavy atom. The van der Waals surface area contributed by atoms with Gasteiger partial charge >= 0.3 is 0 Å². The van der Waals surface area contributed by atoms with Crippen LogP contribution in [0.2, 0.25) is 0 Å². The maximum atomic E-state index is 11.7. The monoisotopic (exact) mass is 309 g/mol. The molecule has 0 aliphatic rings. The Bertz CT molecular complexity index is 502. The molecule has 0 radical (unpaired) electrons. The van der Waals surface area contributed by atoms with Crippen LogP contribution < -0.4 is 10.1 Å². The lowest BCUT2D eigenvalue weighted by molar-refractivity contribution is -0.116. The Balaban J connectivity index is 2.86. The van der Waals surface area contributed by atoms with Gasteiger partial charge in [0.2, 0.25) is 5.91 Å². The first kappa shape index (κ1) is 17.6. The third-order valence-electron chi connectivity index (χ3n) is 3.00. The van der Waals surface area contributed by atoms with Crippen molar-refractivity contribution in [2.24, 2.45) is 0 Å².